The van der Waals surface area contributed by atoms with Gasteiger partial charge in [-0.3, -0.25) is 10.1 Å². The molecule has 164 valence electrons. The van der Waals surface area contributed by atoms with Crippen LogP contribution in [0.1, 0.15) is 97.1 Å². The Labute approximate surface area is 177 Å². The van der Waals surface area contributed by atoms with Gasteiger partial charge < -0.3 is 10.6 Å². The molecule has 0 aromatic heterocycles. The molecule has 1 aromatic carbocycles. The summed E-state index contributed by atoms with van der Waals surface area (Å²) in [6.07, 6.45) is 6.77. The number of nitrogens with one attached hydrogen (secondary N) is 2. The molecular weight excluding hydrogens is 362 g/mol. The van der Waals surface area contributed by atoms with E-state index >= 15 is 0 Å². The van der Waals surface area contributed by atoms with Crippen LogP contribution >= 0.6 is 0 Å². The largest absolute Gasteiger partial charge is 0.382 e. The zero-order valence-corrected chi connectivity index (χ0v) is 19.3. The lowest BCUT2D eigenvalue weighted by Crippen LogP contribution is -2.39. The fraction of sp³-hybridized carbons (Fsp3) is 0.667. The van der Waals surface area contributed by atoms with Crippen molar-refractivity contribution in [2.24, 2.45) is 0 Å². The molecule has 2 N–H and O–H groups in total. The fourth-order valence-electron chi connectivity index (χ4n) is 3.66. The van der Waals surface area contributed by atoms with Gasteiger partial charge in [0, 0.05) is 29.4 Å². The van der Waals surface area contributed by atoms with Crippen LogP contribution < -0.4 is 10.6 Å². The number of rotatable bonds is 6. The third-order valence-electron chi connectivity index (χ3n) is 5.66. The van der Waals surface area contributed by atoms with Crippen LogP contribution in [0.15, 0.2) is 23.8 Å². The first-order valence-electron chi connectivity index (χ1n) is 11.6. The Hall–Kier alpha value is -1.88. The quantitative estimate of drug-likeness (QED) is 0.426. The lowest BCUT2D eigenvalue weighted by atomic mass is 9.84. The molecule has 1 unspecified atom stereocenters. The van der Waals surface area contributed by atoms with E-state index in [1.54, 1.807) is 12.1 Å². The van der Waals surface area contributed by atoms with E-state index in [2.05, 4.69) is 24.5 Å². The smallest absolute Gasteiger partial charge is 0.269 e. The van der Waals surface area contributed by atoms with Gasteiger partial charge in [0.15, 0.2) is 0 Å². The molecule has 0 spiro atoms. The van der Waals surface area contributed by atoms with Gasteiger partial charge in [-0.1, -0.05) is 41.5 Å². The Morgan fingerprint density at radius 2 is 1.83 bits per heavy atom. The van der Waals surface area contributed by atoms with Gasteiger partial charge in [0.1, 0.15) is 0 Å². The van der Waals surface area contributed by atoms with Crippen molar-refractivity contribution in [2.45, 2.75) is 92.0 Å². The SMILES string of the molecule is CC.CC.CCC(C)c1cc([N+](=O)[O-])ccc1C(NC1CCNCC1)=C1CCC1. The molecule has 0 radical (unpaired) electrons. The first kappa shape index (κ1) is 25.2. The van der Waals surface area contributed by atoms with Gasteiger partial charge in [-0.05, 0) is 74.7 Å². The van der Waals surface area contributed by atoms with Crippen LogP contribution in [0.4, 0.5) is 5.69 Å². The number of benzene rings is 1. The highest BCUT2D eigenvalue weighted by atomic mass is 16.6. The molecule has 1 aliphatic carbocycles. The van der Waals surface area contributed by atoms with Gasteiger partial charge in [-0.15, -0.1) is 0 Å². The van der Waals surface area contributed by atoms with E-state index in [-0.39, 0.29) is 10.6 Å². The molecule has 5 nitrogen and oxygen atoms in total. The molecule has 2 aliphatic rings. The summed E-state index contributed by atoms with van der Waals surface area (Å²) in [7, 11) is 0. The maximum absolute atomic E-state index is 11.2. The minimum atomic E-state index is -0.286. The van der Waals surface area contributed by atoms with Crippen molar-refractivity contribution in [3.63, 3.8) is 0 Å². The number of piperidine rings is 1. The number of allylic oxidation sites excluding steroid dienone is 1. The first-order chi connectivity index (χ1) is 14.1. The summed E-state index contributed by atoms with van der Waals surface area (Å²) in [5.41, 5.74) is 5.21. The highest BCUT2D eigenvalue weighted by molar-refractivity contribution is 5.72. The third kappa shape index (κ3) is 6.84. The maximum Gasteiger partial charge on any atom is 0.269 e. The van der Waals surface area contributed by atoms with Crippen molar-refractivity contribution in [1.82, 2.24) is 10.6 Å². The van der Waals surface area contributed by atoms with Gasteiger partial charge in [0.05, 0.1) is 4.92 Å². The Morgan fingerprint density at radius 3 is 2.31 bits per heavy atom. The average molecular weight is 404 g/mol. The summed E-state index contributed by atoms with van der Waals surface area (Å²) in [6.45, 7) is 14.4. The standard InChI is InChI=1S/C20H29N3O2.2C2H6/c1-3-14(2)19-13-17(23(24)25)7-8-18(19)20(15-5-4-6-15)22-16-9-11-21-12-10-16;2*1-2/h7-8,13-14,16,21-22H,3-6,9-12H2,1-2H3;2*1-2H3. The highest BCUT2D eigenvalue weighted by Crippen LogP contribution is 2.37. The lowest BCUT2D eigenvalue weighted by Gasteiger charge is -2.31. The van der Waals surface area contributed by atoms with Gasteiger partial charge in [-0.2, -0.15) is 0 Å². The molecule has 1 saturated carbocycles. The monoisotopic (exact) mass is 403 g/mol. The van der Waals surface area contributed by atoms with Crippen LogP contribution in [0.2, 0.25) is 0 Å². The summed E-state index contributed by atoms with van der Waals surface area (Å²) in [4.78, 5) is 10.9. The molecule has 1 atom stereocenters. The van der Waals surface area contributed by atoms with E-state index in [9.17, 15) is 10.1 Å². The van der Waals surface area contributed by atoms with E-state index < -0.39 is 0 Å². The van der Waals surface area contributed by atoms with E-state index in [1.165, 1.54) is 23.3 Å². The van der Waals surface area contributed by atoms with Crippen LogP contribution in [-0.2, 0) is 0 Å². The fourth-order valence-corrected chi connectivity index (χ4v) is 3.66. The summed E-state index contributed by atoms with van der Waals surface area (Å²) in [5.74, 6) is 0.306. The summed E-state index contributed by atoms with van der Waals surface area (Å²) in [6, 6.07) is 5.90. The Bertz CT molecular complexity index is 658. The van der Waals surface area contributed by atoms with Crippen molar-refractivity contribution in [2.75, 3.05) is 13.1 Å². The summed E-state index contributed by atoms with van der Waals surface area (Å²) >= 11 is 0. The molecule has 1 saturated heterocycles. The van der Waals surface area contributed by atoms with Gasteiger partial charge in [-0.25, -0.2) is 0 Å². The van der Waals surface area contributed by atoms with E-state index in [4.69, 9.17) is 0 Å². The topological polar surface area (TPSA) is 67.2 Å². The number of non-ortho nitro benzene ring substituents is 1. The molecule has 1 aromatic rings. The van der Waals surface area contributed by atoms with Crippen molar-refractivity contribution >= 4 is 11.4 Å². The molecule has 2 fully saturated rings. The van der Waals surface area contributed by atoms with Crippen molar-refractivity contribution in [1.29, 1.82) is 0 Å². The second-order valence-corrected chi connectivity index (χ2v) is 7.34. The lowest BCUT2D eigenvalue weighted by molar-refractivity contribution is -0.384. The maximum atomic E-state index is 11.2. The summed E-state index contributed by atoms with van der Waals surface area (Å²) in [5, 5.41) is 18.5. The van der Waals surface area contributed by atoms with Gasteiger partial charge in [0.2, 0.25) is 0 Å². The Balaban J connectivity index is 0.000000989. The van der Waals surface area contributed by atoms with Crippen LogP contribution in [0, 0.1) is 10.1 Å². The normalized spacial score (nSPS) is 17.0. The first-order valence-corrected chi connectivity index (χ1v) is 11.6. The van der Waals surface area contributed by atoms with Crippen LogP contribution in [-0.4, -0.2) is 24.1 Å². The third-order valence-corrected chi connectivity index (χ3v) is 5.66. The zero-order chi connectivity index (χ0) is 21.8. The molecule has 29 heavy (non-hydrogen) atoms. The number of hydrogen-bond donors (Lipinski definition) is 2. The van der Waals surface area contributed by atoms with Crippen LogP contribution in [0.3, 0.4) is 0 Å². The van der Waals surface area contributed by atoms with E-state index in [1.807, 2.05) is 33.8 Å². The van der Waals surface area contributed by atoms with Crippen molar-refractivity contribution in [3.8, 4) is 0 Å². The second kappa shape index (κ2) is 13.4. The van der Waals surface area contributed by atoms with Gasteiger partial charge >= 0.3 is 0 Å². The van der Waals surface area contributed by atoms with Crippen LogP contribution in [0.25, 0.3) is 5.70 Å². The van der Waals surface area contributed by atoms with Crippen molar-refractivity contribution in [3.05, 3.63) is 45.0 Å². The van der Waals surface area contributed by atoms with Crippen LogP contribution in [0.5, 0.6) is 0 Å². The number of nitro benzene ring substituents is 1. The molecular formula is C24H41N3O2. The Kier molecular flexibility index (Phi) is 11.6. The highest BCUT2D eigenvalue weighted by Gasteiger charge is 2.24. The molecule has 1 heterocycles. The Morgan fingerprint density at radius 1 is 1.21 bits per heavy atom. The molecule has 0 amide bonds. The number of hydrogen-bond acceptors (Lipinski definition) is 4. The van der Waals surface area contributed by atoms with Crippen molar-refractivity contribution < 1.29 is 4.92 Å². The molecule has 3 rings (SSSR count). The molecule has 5 heteroatoms. The second-order valence-electron chi connectivity index (χ2n) is 7.34. The summed E-state index contributed by atoms with van der Waals surface area (Å²) < 4.78 is 0. The minimum Gasteiger partial charge on any atom is -0.382 e. The van der Waals surface area contributed by atoms with Gasteiger partial charge in [0.25, 0.3) is 5.69 Å². The van der Waals surface area contributed by atoms with E-state index in [0.29, 0.717) is 12.0 Å². The predicted octanol–water partition coefficient (Wildman–Crippen LogP) is 6.40. The zero-order valence-electron chi connectivity index (χ0n) is 19.3. The van der Waals surface area contributed by atoms with E-state index in [0.717, 1.165) is 50.8 Å². The number of nitro groups is 1. The number of nitrogens with zero attached hydrogens (tertiary/aromatic N) is 1. The molecule has 1 aliphatic heterocycles. The minimum absolute atomic E-state index is 0.193. The molecule has 0 bridgehead atoms. The average Bonchev–Trinajstić information content (AvgIpc) is 2.74. The predicted molar refractivity (Wildman–Crippen MR) is 124 cm³/mol.